The Labute approximate surface area is 181 Å². The van der Waals surface area contributed by atoms with Gasteiger partial charge in [0.15, 0.2) is 0 Å². The predicted octanol–water partition coefficient (Wildman–Crippen LogP) is 6.12. The third-order valence-electron chi connectivity index (χ3n) is 4.53. The Bertz CT molecular complexity index is 1280. The fourth-order valence-electron chi connectivity index (χ4n) is 3.11. The maximum atomic E-state index is 13.4. The van der Waals surface area contributed by atoms with Crippen molar-refractivity contribution in [1.82, 2.24) is 9.55 Å². The van der Waals surface area contributed by atoms with Crippen LogP contribution < -0.4 is 5.56 Å². The lowest BCUT2D eigenvalue weighted by Crippen LogP contribution is -2.23. The highest BCUT2D eigenvalue weighted by molar-refractivity contribution is 14.1. The monoisotopic (exact) mass is 498 g/mol. The van der Waals surface area contributed by atoms with Crippen molar-refractivity contribution in [2.75, 3.05) is 0 Å². The van der Waals surface area contributed by atoms with Crippen molar-refractivity contribution in [3.8, 4) is 5.69 Å². The lowest BCUT2D eigenvalue weighted by Gasteiger charge is -2.14. The van der Waals surface area contributed by atoms with Crippen LogP contribution >= 0.6 is 34.2 Å². The van der Waals surface area contributed by atoms with Gasteiger partial charge in [-0.15, -0.1) is 0 Å². The minimum atomic E-state index is -0.0865. The normalized spacial score (nSPS) is 11.4. The maximum Gasteiger partial charge on any atom is 0.266 e. The molecule has 0 bridgehead atoms. The average molecular weight is 499 g/mol. The molecule has 138 valence electrons. The Hall–Kier alpha value is -2.44. The Balaban J connectivity index is 2.00. The summed E-state index contributed by atoms with van der Waals surface area (Å²) in [5.74, 6) is 0.563. The molecule has 0 saturated carbocycles. The van der Waals surface area contributed by atoms with Gasteiger partial charge in [-0.3, -0.25) is 9.36 Å². The van der Waals surface area contributed by atoms with E-state index < -0.39 is 0 Å². The molecule has 0 aliphatic carbocycles. The third kappa shape index (κ3) is 3.62. The zero-order chi connectivity index (χ0) is 19.7. The molecule has 0 saturated heterocycles. The van der Waals surface area contributed by atoms with Gasteiger partial charge in [0.25, 0.3) is 5.56 Å². The number of para-hydroxylation sites is 1. The molecule has 5 heteroatoms. The topological polar surface area (TPSA) is 34.9 Å². The number of hydrogen-bond donors (Lipinski definition) is 0. The Morgan fingerprint density at radius 3 is 2.54 bits per heavy atom. The molecule has 0 N–H and O–H groups in total. The van der Waals surface area contributed by atoms with E-state index in [1.54, 1.807) is 4.57 Å². The van der Waals surface area contributed by atoms with Gasteiger partial charge in [0.05, 0.1) is 16.6 Å². The molecule has 28 heavy (non-hydrogen) atoms. The fraction of sp³-hybridized carbons (Fsp3) is 0.0435. The first kappa shape index (κ1) is 18.9. The van der Waals surface area contributed by atoms with Crippen molar-refractivity contribution in [2.24, 2.45) is 0 Å². The molecule has 3 aromatic carbocycles. The van der Waals surface area contributed by atoms with Gasteiger partial charge in [-0.1, -0.05) is 48.0 Å². The van der Waals surface area contributed by atoms with Gasteiger partial charge in [-0.2, -0.15) is 0 Å². The number of aryl methyl sites for hydroxylation is 1. The molecule has 1 aromatic heterocycles. The number of nitrogens with zero attached hydrogens (tertiary/aromatic N) is 2. The summed E-state index contributed by atoms with van der Waals surface area (Å²) < 4.78 is 2.67. The molecule has 0 atom stereocenters. The van der Waals surface area contributed by atoms with Crippen LogP contribution in [0.1, 0.15) is 17.0 Å². The molecule has 0 amide bonds. The molecule has 3 nitrogen and oxygen atoms in total. The number of rotatable bonds is 3. The summed E-state index contributed by atoms with van der Waals surface area (Å²) in [6, 6.07) is 21.1. The van der Waals surface area contributed by atoms with E-state index in [9.17, 15) is 4.79 Å². The molecule has 0 fully saturated rings. The van der Waals surface area contributed by atoms with Crippen LogP contribution in [0.15, 0.2) is 71.5 Å². The van der Waals surface area contributed by atoms with E-state index in [1.807, 2.05) is 85.8 Å². The second kappa shape index (κ2) is 7.89. The van der Waals surface area contributed by atoms with Gasteiger partial charge >= 0.3 is 0 Å². The van der Waals surface area contributed by atoms with Crippen LogP contribution in [0.3, 0.4) is 0 Å². The lowest BCUT2D eigenvalue weighted by atomic mass is 10.1. The highest BCUT2D eigenvalue weighted by atomic mass is 127. The largest absolute Gasteiger partial charge is 0.268 e. The van der Waals surface area contributed by atoms with Crippen molar-refractivity contribution in [3.05, 3.63) is 103 Å². The van der Waals surface area contributed by atoms with Gasteiger partial charge in [-0.05, 0) is 83.1 Å². The Kier molecular flexibility index (Phi) is 5.33. The van der Waals surface area contributed by atoms with Crippen molar-refractivity contribution in [2.45, 2.75) is 6.92 Å². The summed E-state index contributed by atoms with van der Waals surface area (Å²) in [7, 11) is 0. The standard InChI is InChI=1S/C23H16ClIN2O/c1-15-6-2-5-9-21(15)27-22(13-10-16-7-3-4-8-19(16)24)26-20-12-11-17(25)14-18(20)23(27)28/h2-14H,1H3. The fourth-order valence-corrected chi connectivity index (χ4v) is 3.80. The van der Waals surface area contributed by atoms with Gasteiger partial charge in [0, 0.05) is 8.59 Å². The zero-order valence-corrected chi connectivity index (χ0v) is 18.0. The van der Waals surface area contributed by atoms with Gasteiger partial charge < -0.3 is 0 Å². The first-order valence-electron chi connectivity index (χ1n) is 8.75. The van der Waals surface area contributed by atoms with E-state index in [0.717, 1.165) is 20.4 Å². The van der Waals surface area contributed by atoms with E-state index in [1.165, 1.54) is 0 Å². The molecule has 0 spiro atoms. The molecule has 1 heterocycles. The molecular formula is C23H16ClIN2O. The smallest absolute Gasteiger partial charge is 0.266 e. The molecule has 0 aliphatic rings. The van der Waals surface area contributed by atoms with E-state index >= 15 is 0 Å². The molecule has 0 unspecified atom stereocenters. The quantitative estimate of drug-likeness (QED) is 0.319. The van der Waals surface area contributed by atoms with E-state index in [0.29, 0.717) is 21.7 Å². The van der Waals surface area contributed by atoms with Gasteiger partial charge in [0.1, 0.15) is 5.82 Å². The Morgan fingerprint density at radius 1 is 1.00 bits per heavy atom. The second-order valence-corrected chi connectivity index (χ2v) is 8.07. The van der Waals surface area contributed by atoms with Crippen LogP contribution in [0.2, 0.25) is 5.02 Å². The number of benzene rings is 3. The van der Waals surface area contributed by atoms with Crippen LogP contribution in [-0.2, 0) is 0 Å². The van der Waals surface area contributed by atoms with Crippen LogP contribution in [0.4, 0.5) is 0 Å². The van der Waals surface area contributed by atoms with Crippen molar-refractivity contribution in [3.63, 3.8) is 0 Å². The SMILES string of the molecule is Cc1ccccc1-n1c(C=Cc2ccccc2Cl)nc2ccc(I)cc2c1=O. The van der Waals surface area contributed by atoms with Gasteiger partial charge in [0.2, 0.25) is 0 Å². The van der Waals surface area contributed by atoms with Crippen molar-refractivity contribution >= 4 is 57.2 Å². The molecule has 4 aromatic rings. The molecular weight excluding hydrogens is 483 g/mol. The second-order valence-electron chi connectivity index (χ2n) is 6.41. The molecule has 0 radical (unpaired) electrons. The molecule has 0 aliphatic heterocycles. The summed E-state index contributed by atoms with van der Waals surface area (Å²) in [4.78, 5) is 18.2. The summed E-state index contributed by atoms with van der Waals surface area (Å²) in [5, 5.41) is 1.25. The van der Waals surface area contributed by atoms with E-state index in [4.69, 9.17) is 16.6 Å². The third-order valence-corrected chi connectivity index (χ3v) is 5.54. The minimum absolute atomic E-state index is 0.0865. The highest BCUT2D eigenvalue weighted by Crippen LogP contribution is 2.21. The number of halogens is 2. The lowest BCUT2D eigenvalue weighted by molar-refractivity contribution is 0.934. The first-order valence-corrected chi connectivity index (χ1v) is 10.2. The zero-order valence-electron chi connectivity index (χ0n) is 15.1. The highest BCUT2D eigenvalue weighted by Gasteiger charge is 2.13. The predicted molar refractivity (Wildman–Crippen MR) is 125 cm³/mol. The van der Waals surface area contributed by atoms with Crippen LogP contribution in [-0.4, -0.2) is 9.55 Å². The van der Waals surface area contributed by atoms with Crippen LogP contribution in [0.5, 0.6) is 0 Å². The molecule has 4 rings (SSSR count). The number of hydrogen-bond acceptors (Lipinski definition) is 2. The number of fused-ring (bicyclic) bond motifs is 1. The van der Waals surface area contributed by atoms with E-state index in [-0.39, 0.29) is 5.56 Å². The van der Waals surface area contributed by atoms with Crippen molar-refractivity contribution < 1.29 is 0 Å². The van der Waals surface area contributed by atoms with Crippen molar-refractivity contribution in [1.29, 1.82) is 0 Å². The summed E-state index contributed by atoms with van der Waals surface area (Å²) >= 11 is 8.48. The van der Waals surface area contributed by atoms with Crippen LogP contribution in [0, 0.1) is 10.5 Å². The van der Waals surface area contributed by atoms with Gasteiger partial charge in [-0.25, -0.2) is 4.98 Å². The first-order chi connectivity index (χ1) is 13.5. The average Bonchev–Trinajstić information content (AvgIpc) is 2.69. The summed E-state index contributed by atoms with van der Waals surface area (Å²) in [5.41, 5.74) is 3.28. The van der Waals surface area contributed by atoms with Crippen LogP contribution in [0.25, 0.3) is 28.7 Å². The minimum Gasteiger partial charge on any atom is -0.268 e. The summed E-state index contributed by atoms with van der Waals surface area (Å²) in [6.07, 6.45) is 3.73. The number of aromatic nitrogens is 2. The maximum absolute atomic E-state index is 13.4. The van der Waals surface area contributed by atoms with E-state index in [2.05, 4.69) is 22.6 Å². The summed E-state index contributed by atoms with van der Waals surface area (Å²) in [6.45, 7) is 1.99. The Morgan fingerprint density at radius 2 is 1.75 bits per heavy atom.